The lowest BCUT2D eigenvalue weighted by molar-refractivity contribution is 2.05. The summed E-state index contributed by atoms with van der Waals surface area (Å²) in [5, 5.41) is 6.68. The largest absolute Gasteiger partial charge is 0.120 e. The molecule has 0 aromatic heterocycles. The van der Waals surface area contributed by atoms with Crippen LogP contribution in [0.15, 0.2) is 12.1 Å². The van der Waals surface area contributed by atoms with Gasteiger partial charge in [0.2, 0.25) is 0 Å². The Morgan fingerprint density at radius 3 is 1.88 bits per heavy atom. The molecule has 0 bridgehead atoms. The van der Waals surface area contributed by atoms with E-state index in [9.17, 15) is 0 Å². The first-order valence-corrected chi connectivity index (χ1v) is 4.66. The Bertz CT molecular complexity index is 249. The summed E-state index contributed by atoms with van der Waals surface area (Å²) in [6.45, 7) is 0. The monoisotopic (exact) mass is 130 g/mol. The minimum Gasteiger partial charge on any atom is -0.0634 e. The van der Waals surface area contributed by atoms with E-state index in [-0.39, 0.29) is 0 Å². The maximum atomic E-state index is 2.28. The molecule has 4 radical (unpaired) electrons. The van der Waals surface area contributed by atoms with E-state index in [1.165, 1.54) is 0 Å². The van der Waals surface area contributed by atoms with Crippen molar-refractivity contribution in [2.75, 3.05) is 0 Å². The van der Waals surface area contributed by atoms with Crippen LogP contribution in [0.5, 0.6) is 0 Å². The fraction of sp³-hybridized carbons (Fsp3) is 0. The number of fused-ring (bicyclic) bond motifs is 3. The van der Waals surface area contributed by atoms with Gasteiger partial charge in [0.05, 0.1) is 0 Å². The molecule has 34 valence electrons. The van der Waals surface area contributed by atoms with Crippen molar-refractivity contribution in [3.63, 3.8) is 0 Å². The summed E-state index contributed by atoms with van der Waals surface area (Å²) in [7, 11) is 2.19. The first kappa shape index (κ1) is 3.64. The van der Waals surface area contributed by atoms with Crippen LogP contribution >= 0.6 is 0 Å². The second-order valence-electron chi connectivity index (χ2n) is 2.16. The zero-order valence-corrected chi connectivity index (χ0v) is 6.15. The molecule has 2 aliphatic heterocycles. The maximum Gasteiger partial charge on any atom is 0.120 e. The van der Waals surface area contributed by atoms with Gasteiger partial charge in [-0.25, -0.2) is 0 Å². The van der Waals surface area contributed by atoms with Crippen LogP contribution in [0.3, 0.4) is 0 Å². The predicted octanol–water partition coefficient (Wildman–Crippen LogP) is -2.38. The Labute approximate surface area is 52.6 Å². The van der Waals surface area contributed by atoms with Gasteiger partial charge < -0.3 is 0 Å². The molecule has 0 atom stereocenters. The van der Waals surface area contributed by atoms with Gasteiger partial charge in [0.15, 0.2) is 0 Å². The summed E-state index contributed by atoms with van der Waals surface area (Å²) in [5.41, 5.74) is 0. The molecule has 0 saturated carbocycles. The highest BCUT2D eigenvalue weighted by Gasteiger charge is 2.31. The Morgan fingerprint density at radius 1 is 0.875 bits per heavy atom. The SMILES string of the molecule is c1cc2c(c3c1[Si]3)[Si]2. The second kappa shape index (κ2) is 0.868. The number of hydrogen-bond acceptors (Lipinski definition) is 0. The Kier molecular flexibility index (Phi) is 0.394. The van der Waals surface area contributed by atoms with Gasteiger partial charge in [0.1, 0.15) is 19.0 Å². The Hall–Kier alpha value is -0.346. The van der Waals surface area contributed by atoms with Gasteiger partial charge in [-0.1, -0.05) is 32.9 Å². The van der Waals surface area contributed by atoms with Gasteiger partial charge in [-0.05, 0) is 0 Å². The van der Waals surface area contributed by atoms with E-state index in [4.69, 9.17) is 0 Å². The minimum absolute atomic E-state index is 1.10. The van der Waals surface area contributed by atoms with E-state index in [0.717, 1.165) is 19.0 Å². The Morgan fingerprint density at radius 2 is 1.38 bits per heavy atom. The summed E-state index contributed by atoms with van der Waals surface area (Å²) < 4.78 is 0. The minimum atomic E-state index is 1.10. The van der Waals surface area contributed by atoms with Crippen LogP contribution in [-0.4, -0.2) is 19.0 Å². The molecule has 0 fully saturated rings. The average molecular weight is 130 g/mol. The van der Waals surface area contributed by atoms with E-state index in [2.05, 4.69) is 12.1 Å². The lowest BCUT2D eigenvalue weighted by Crippen LogP contribution is -2.06. The molecule has 0 spiro atoms. The number of hydrogen-bond donors (Lipinski definition) is 0. The van der Waals surface area contributed by atoms with Crippen molar-refractivity contribution in [3.8, 4) is 0 Å². The molecule has 0 amide bonds. The predicted molar refractivity (Wildman–Crippen MR) is 36.5 cm³/mol. The number of rotatable bonds is 0. The third kappa shape index (κ3) is 0.287. The van der Waals surface area contributed by atoms with Gasteiger partial charge >= 0.3 is 0 Å². The molecule has 1 aromatic carbocycles. The van der Waals surface area contributed by atoms with Crippen molar-refractivity contribution >= 4 is 39.8 Å². The molecular formula is C6H2Si2. The first-order valence-electron chi connectivity index (χ1n) is 2.66. The fourth-order valence-electron chi connectivity index (χ4n) is 1.02. The molecule has 0 aliphatic carbocycles. The van der Waals surface area contributed by atoms with E-state index in [1.54, 1.807) is 20.7 Å². The molecule has 0 N–H and O–H groups in total. The van der Waals surface area contributed by atoms with Crippen LogP contribution in [0.25, 0.3) is 0 Å². The topological polar surface area (TPSA) is 0 Å². The van der Waals surface area contributed by atoms with Crippen molar-refractivity contribution in [2.45, 2.75) is 0 Å². The van der Waals surface area contributed by atoms with Crippen LogP contribution in [0.2, 0.25) is 0 Å². The van der Waals surface area contributed by atoms with E-state index in [1.807, 2.05) is 0 Å². The normalized spacial score (nSPS) is 17.0. The van der Waals surface area contributed by atoms with Gasteiger partial charge in [-0.2, -0.15) is 0 Å². The highest BCUT2D eigenvalue weighted by Crippen LogP contribution is 1.91. The maximum absolute atomic E-state index is 2.28. The summed E-state index contributed by atoms with van der Waals surface area (Å²) >= 11 is 0. The summed E-state index contributed by atoms with van der Waals surface area (Å²) in [4.78, 5) is 0. The van der Waals surface area contributed by atoms with Crippen molar-refractivity contribution in [1.29, 1.82) is 0 Å². The van der Waals surface area contributed by atoms with Crippen LogP contribution < -0.4 is 20.7 Å². The van der Waals surface area contributed by atoms with Crippen LogP contribution in [0.1, 0.15) is 0 Å². The smallest absolute Gasteiger partial charge is 0.0634 e. The second-order valence-corrected chi connectivity index (χ2v) is 4.74. The van der Waals surface area contributed by atoms with Gasteiger partial charge in [-0.3, -0.25) is 0 Å². The van der Waals surface area contributed by atoms with Crippen LogP contribution in [0, 0.1) is 0 Å². The molecule has 2 heteroatoms. The lowest BCUT2D eigenvalue weighted by atomic mass is 10.4. The third-order valence-corrected chi connectivity index (χ3v) is 4.26. The van der Waals surface area contributed by atoms with Gasteiger partial charge in [0.25, 0.3) is 0 Å². The quantitative estimate of drug-likeness (QED) is 0.298. The van der Waals surface area contributed by atoms with Crippen LogP contribution in [0.4, 0.5) is 0 Å². The van der Waals surface area contributed by atoms with Gasteiger partial charge in [-0.15, -0.1) is 0 Å². The molecule has 1 aromatic rings. The molecule has 0 saturated heterocycles. The standard InChI is InChI=1S/C6H2Si2/c1-2-4-6(8-4)5-3(1)7-5/h1-2H. The molecule has 0 nitrogen and oxygen atoms in total. The van der Waals surface area contributed by atoms with Crippen molar-refractivity contribution in [2.24, 2.45) is 0 Å². The molecule has 2 aliphatic rings. The highest BCUT2D eigenvalue weighted by molar-refractivity contribution is 7.01. The summed E-state index contributed by atoms with van der Waals surface area (Å²) in [6, 6.07) is 4.57. The van der Waals surface area contributed by atoms with E-state index >= 15 is 0 Å². The average Bonchev–Trinajstić information content (AvgIpc) is 2.59. The van der Waals surface area contributed by atoms with Crippen LogP contribution in [-0.2, 0) is 0 Å². The molecule has 3 rings (SSSR count). The molecule has 0 unspecified atom stereocenters. The van der Waals surface area contributed by atoms with Crippen molar-refractivity contribution < 1.29 is 0 Å². The van der Waals surface area contributed by atoms with Gasteiger partial charge in [0, 0.05) is 0 Å². The fourth-order valence-corrected chi connectivity index (χ4v) is 3.33. The van der Waals surface area contributed by atoms with Crippen molar-refractivity contribution in [3.05, 3.63) is 12.1 Å². The summed E-state index contributed by atoms with van der Waals surface area (Å²) in [6.07, 6.45) is 0. The van der Waals surface area contributed by atoms with Crippen molar-refractivity contribution in [1.82, 2.24) is 0 Å². The molecular weight excluding hydrogens is 128 g/mol. The molecule has 8 heavy (non-hydrogen) atoms. The lowest BCUT2D eigenvalue weighted by Gasteiger charge is -1.69. The summed E-state index contributed by atoms with van der Waals surface area (Å²) in [5.74, 6) is 0. The Balaban J connectivity index is 2.55. The molecule has 2 heterocycles. The highest BCUT2D eigenvalue weighted by atomic mass is 28.2. The van der Waals surface area contributed by atoms with E-state index < -0.39 is 0 Å². The number of benzene rings is 1. The zero-order chi connectivity index (χ0) is 5.14. The third-order valence-electron chi connectivity index (χ3n) is 1.60. The van der Waals surface area contributed by atoms with E-state index in [0.29, 0.717) is 0 Å². The first-order chi connectivity index (χ1) is 3.95. The zero-order valence-electron chi connectivity index (χ0n) is 4.15.